The molecule has 3 aliphatic rings. The number of urea groups is 1. The number of carbonyl (C=O) groups is 2. The molecule has 2 aromatic carbocycles. The first-order chi connectivity index (χ1) is 17.8. The van der Waals surface area contributed by atoms with E-state index in [-0.39, 0.29) is 29.1 Å². The molecule has 3 fully saturated rings. The number of nitrogens with zero attached hydrogens (tertiary/aromatic N) is 3. The number of fused-ring (bicyclic) bond motifs is 1. The smallest absolute Gasteiger partial charge is 0.407 e. The molecule has 0 spiro atoms. The van der Waals surface area contributed by atoms with Crippen molar-refractivity contribution in [2.24, 2.45) is 11.8 Å². The summed E-state index contributed by atoms with van der Waals surface area (Å²) in [7, 11) is 0. The van der Waals surface area contributed by atoms with Gasteiger partial charge >= 0.3 is 12.1 Å². The Morgan fingerprint density at radius 1 is 1.14 bits per heavy atom. The number of anilines is 1. The molecule has 3 unspecified atom stereocenters. The van der Waals surface area contributed by atoms with E-state index in [1.54, 1.807) is 0 Å². The van der Waals surface area contributed by atoms with Gasteiger partial charge in [-0.3, -0.25) is 0 Å². The molecular weight excluding hydrogens is 478 g/mol. The molecule has 1 aliphatic heterocycles. The molecule has 0 radical (unpaired) electrons. The first kappa shape index (κ1) is 25.0. The van der Waals surface area contributed by atoms with Gasteiger partial charge in [-0.1, -0.05) is 12.1 Å². The second kappa shape index (κ2) is 10.0. The molecule has 2 aromatic rings. The van der Waals surface area contributed by atoms with Gasteiger partial charge in [-0.15, -0.1) is 0 Å². The Hall–Kier alpha value is -3.67. The zero-order valence-corrected chi connectivity index (χ0v) is 20.5. The van der Waals surface area contributed by atoms with Crippen molar-refractivity contribution in [1.82, 2.24) is 9.80 Å². The van der Waals surface area contributed by atoms with Crippen molar-refractivity contribution in [1.29, 1.82) is 5.26 Å². The van der Waals surface area contributed by atoms with Crippen LogP contribution in [0.1, 0.15) is 49.7 Å². The first-order valence-electron chi connectivity index (χ1n) is 12.8. The summed E-state index contributed by atoms with van der Waals surface area (Å²) in [5.74, 6) is -1.43. The summed E-state index contributed by atoms with van der Waals surface area (Å²) in [5.41, 5.74) is 2.09. The van der Waals surface area contributed by atoms with Crippen molar-refractivity contribution in [3.63, 3.8) is 0 Å². The fraction of sp³-hybridized carbons (Fsp3) is 0.464. The number of nitriles is 1. The van der Waals surface area contributed by atoms with Crippen molar-refractivity contribution in [3.05, 3.63) is 65.2 Å². The fourth-order valence-corrected chi connectivity index (χ4v) is 6.30. The third-order valence-corrected chi connectivity index (χ3v) is 8.49. The maximum atomic E-state index is 13.8. The van der Waals surface area contributed by atoms with Crippen LogP contribution in [0.2, 0.25) is 0 Å². The number of carboxylic acid groups (broad SMARTS) is 1. The van der Waals surface area contributed by atoms with E-state index in [1.165, 1.54) is 16.5 Å². The Balaban J connectivity index is 1.31. The highest BCUT2D eigenvalue weighted by Crippen LogP contribution is 2.63. The van der Waals surface area contributed by atoms with E-state index in [1.807, 2.05) is 23.1 Å². The van der Waals surface area contributed by atoms with Crippen LogP contribution in [0.3, 0.4) is 0 Å². The van der Waals surface area contributed by atoms with E-state index in [9.17, 15) is 28.7 Å². The first-order valence-corrected chi connectivity index (χ1v) is 12.8. The molecule has 3 amide bonds. The van der Waals surface area contributed by atoms with Crippen LogP contribution in [-0.2, 0) is 5.41 Å². The number of hydrogen-bond acceptors (Lipinski definition) is 3. The number of piperidine rings is 1. The molecule has 0 bridgehead atoms. The normalized spacial score (nSPS) is 25.1. The molecular formula is C28H30F2N4O3. The van der Waals surface area contributed by atoms with Gasteiger partial charge in [0.25, 0.3) is 0 Å². The van der Waals surface area contributed by atoms with Gasteiger partial charge in [0, 0.05) is 37.4 Å². The van der Waals surface area contributed by atoms with Gasteiger partial charge in [0.15, 0.2) is 11.6 Å². The highest BCUT2D eigenvalue weighted by molar-refractivity contribution is 5.89. The van der Waals surface area contributed by atoms with Crippen molar-refractivity contribution in [3.8, 4) is 6.07 Å². The minimum atomic E-state index is -1.02. The number of rotatable bonds is 5. The van der Waals surface area contributed by atoms with Gasteiger partial charge in [-0.05, 0) is 85.6 Å². The van der Waals surface area contributed by atoms with Gasteiger partial charge in [0.1, 0.15) is 0 Å². The molecule has 1 heterocycles. The summed E-state index contributed by atoms with van der Waals surface area (Å²) in [6.45, 7) is 1.35. The lowest BCUT2D eigenvalue weighted by Crippen LogP contribution is -2.49. The highest BCUT2D eigenvalue weighted by atomic mass is 19.2. The Labute approximate surface area is 214 Å². The average Bonchev–Trinajstić information content (AvgIpc) is 3.65. The van der Waals surface area contributed by atoms with Crippen molar-refractivity contribution < 1.29 is 23.5 Å². The van der Waals surface area contributed by atoms with Crippen molar-refractivity contribution in [2.75, 3.05) is 25.0 Å². The quantitative estimate of drug-likeness (QED) is 0.552. The van der Waals surface area contributed by atoms with Crippen LogP contribution in [0.25, 0.3) is 0 Å². The van der Waals surface area contributed by atoms with E-state index in [0.29, 0.717) is 44.0 Å². The summed E-state index contributed by atoms with van der Waals surface area (Å²) in [6, 6.07) is 13.0. The van der Waals surface area contributed by atoms with Crippen LogP contribution >= 0.6 is 0 Å². The summed E-state index contributed by atoms with van der Waals surface area (Å²) >= 11 is 0. The number of amides is 3. The van der Waals surface area contributed by atoms with Crippen molar-refractivity contribution >= 4 is 17.8 Å². The van der Waals surface area contributed by atoms with E-state index >= 15 is 0 Å². The van der Waals surface area contributed by atoms with Gasteiger partial charge in [-0.25, -0.2) is 18.4 Å². The molecule has 1 saturated heterocycles. The third kappa shape index (κ3) is 5.10. The van der Waals surface area contributed by atoms with Crippen LogP contribution in [0.5, 0.6) is 0 Å². The summed E-state index contributed by atoms with van der Waals surface area (Å²) < 4.78 is 27.2. The van der Waals surface area contributed by atoms with Gasteiger partial charge in [-0.2, -0.15) is 5.26 Å². The van der Waals surface area contributed by atoms with Gasteiger partial charge < -0.3 is 20.2 Å². The summed E-state index contributed by atoms with van der Waals surface area (Å²) in [5, 5.41) is 21.3. The molecule has 0 aromatic heterocycles. The molecule has 2 N–H and O–H groups in total. The molecule has 3 atom stereocenters. The maximum Gasteiger partial charge on any atom is 0.407 e. The molecule has 5 rings (SSSR count). The highest BCUT2D eigenvalue weighted by Gasteiger charge is 2.58. The van der Waals surface area contributed by atoms with Crippen LogP contribution in [0, 0.1) is 34.8 Å². The Kier molecular flexibility index (Phi) is 6.76. The lowest BCUT2D eigenvalue weighted by atomic mass is 9.79. The number of halogens is 2. The van der Waals surface area contributed by atoms with E-state index < -0.39 is 17.7 Å². The zero-order chi connectivity index (χ0) is 26.2. The topological polar surface area (TPSA) is 96.7 Å². The Morgan fingerprint density at radius 2 is 1.92 bits per heavy atom. The lowest BCUT2D eigenvalue weighted by Gasteiger charge is -2.40. The lowest BCUT2D eigenvalue weighted by molar-refractivity contribution is 0.104. The zero-order valence-electron chi connectivity index (χ0n) is 20.5. The standard InChI is InChI=1S/C28H30F2N4O3/c29-24-5-4-22(14-25(24)30)32-26(35)34(17-18-7-10-33(11-8-18)27(36)37)23-6-9-28(15-21(28)13-23)20-3-1-2-19(12-20)16-31/h1-5,12,14,18,21,23H,6-11,13,15,17H2,(H,32,35)(H,36,37). The maximum absolute atomic E-state index is 13.8. The van der Waals surface area contributed by atoms with Crippen molar-refractivity contribution in [2.45, 2.75) is 50.0 Å². The third-order valence-electron chi connectivity index (χ3n) is 8.49. The molecule has 7 nitrogen and oxygen atoms in total. The fourth-order valence-electron chi connectivity index (χ4n) is 6.30. The monoisotopic (exact) mass is 508 g/mol. The molecule has 2 saturated carbocycles. The van der Waals surface area contributed by atoms with E-state index in [2.05, 4.69) is 17.5 Å². The summed E-state index contributed by atoms with van der Waals surface area (Å²) in [4.78, 5) is 28.0. The predicted molar refractivity (Wildman–Crippen MR) is 133 cm³/mol. The van der Waals surface area contributed by atoms with Crippen LogP contribution < -0.4 is 5.32 Å². The second-order valence-electron chi connectivity index (χ2n) is 10.6. The summed E-state index contributed by atoms with van der Waals surface area (Å²) in [6.07, 6.45) is 3.97. The number of benzene rings is 2. The van der Waals surface area contributed by atoms with Crippen LogP contribution in [-0.4, -0.2) is 52.7 Å². The number of carbonyl (C=O) groups excluding carboxylic acids is 1. The molecule has 9 heteroatoms. The van der Waals surface area contributed by atoms with Gasteiger partial charge in [0.2, 0.25) is 0 Å². The molecule has 2 aliphatic carbocycles. The van der Waals surface area contributed by atoms with E-state index in [4.69, 9.17) is 0 Å². The van der Waals surface area contributed by atoms with Crippen LogP contribution in [0.4, 0.5) is 24.1 Å². The largest absolute Gasteiger partial charge is 0.465 e. The van der Waals surface area contributed by atoms with E-state index in [0.717, 1.165) is 37.8 Å². The SMILES string of the molecule is N#Cc1cccc(C23CCC(N(CC4CCN(C(=O)O)CC4)C(=O)Nc4ccc(F)c(F)c4)CC2C3)c1. The predicted octanol–water partition coefficient (Wildman–Crippen LogP) is 5.57. The minimum absolute atomic E-state index is 0.0115. The van der Waals surface area contributed by atoms with Crippen LogP contribution in [0.15, 0.2) is 42.5 Å². The number of nitrogens with one attached hydrogen (secondary N) is 1. The van der Waals surface area contributed by atoms with Gasteiger partial charge in [0.05, 0.1) is 11.6 Å². The Morgan fingerprint density at radius 3 is 2.59 bits per heavy atom. The molecule has 194 valence electrons. The number of hydrogen-bond donors (Lipinski definition) is 2. The average molecular weight is 509 g/mol. The minimum Gasteiger partial charge on any atom is -0.465 e. The second-order valence-corrected chi connectivity index (χ2v) is 10.6. The number of likely N-dealkylation sites (tertiary alicyclic amines) is 1. The Bertz CT molecular complexity index is 1240. The molecule has 37 heavy (non-hydrogen) atoms.